The van der Waals surface area contributed by atoms with Gasteiger partial charge in [0.15, 0.2) is 0 Å². The Bertz CT molecular complexity index is 831. The van der Waals surface area contributed by atoms with Gasteiger partial charge < -0.3 is 9.47 Å². The molecular formula is C15H16FN3O4S. The zero-order chi connectivity index (χ0) is 17.2. The zero-order valence-corrected chi connectivity index (χ0v) is 13.7. The molecule has 2 heterocycles. The van der Waals surface area contributed by atoms with Crippen LogP contribution in [0.5, 0.6) is 11.8 Å². The molecule has 1 unspecified atom stereocenters. The highest BCUT2D eigenvalue weighted by Crippen LogP contribution is 2.25. The molecule has 128 valence electrons. The Morgan fingerprint density at radius 3 is 2.75 bits per heavy atom. The van der Waals surface area contributed by atoms with E-state index in [1.165, 1.54) is 42.0 Å². The summed E-state index contributed by atoms with van der Waals surface area (Å²) in [5.74, 6) is -0.202. The van der Waals surface area contributed by atoms with Crippen LogP contribution in [0.2, 0.25) is 0 Å². The van der Waals surface area contributed by atoms with Crippen molar-refractivity contribution in [2.75, 3.05) is 20.2 Å². The molecule has 0 radical (unpaired) electrons. The van der Waals surface area contributed by atoms with Gasteiger partial charge in [0, 0.05) is 6.54 Å². The molecule has 3 rings (SSSR count). The van der Waals surface area contributed by atoms with Crippen LogP contribution < -0.4 is 9.47 Å². The van der Waals surface area contributed by atoms with E-state index < -0.39 is 15.8 Å². The van der Waals surface area contributed by atoms with Crippen molar-refractivity contribution in [1.82, 2.24) is 14.3 Å². The molecule has 0 spiro atoms. The Balaban J connectivity index is 1.72. The summed E-state index contributed by atoms with van der Waals surface area (Å²) in [5.41, 5.74) is 0. The maximum absolute atomic E-state index is 13.8. The second-order valence-corrected chi connectivity index (χ2v) is 7.13. The van der Waals surface area contributed by atoms with E-state index in [0.29, 0.717) is 12.3 Å². The molecular weight excluding hydrogens is 337 g/mol. The fraction of sp³-hybridized carbons (Fsp3) is 0.333. The summed E-state index contributed by atoms with van der Waals surface area (Å²) < 4.78 is 50.7. The molecule has 0 bridgehead atoms. The number of hydrogen-bond acceptors (Lipinski definition) is 6. The van der Waals surface area contributed by atoms with Crippen molar-refractivity contribution in [1.29, 1.82) is 0 Å². The van der Waals surface area contributed by atoms with E-state index in [-0.39, 0.29) is 30.0 Å². The summed E-state index contributed by atoms with van der Waals surface area (Å²) in [6, 6.07) is 5.33. The third kappa shape index (κ3) is 3.31. The minimum atomic E-state index is -3.89. The van der Waals surface area contributed by atoms with Crippen LogP contribution in [0.25, 0.3) is 0 Å². The van der Waals surface area contributed by atoms with E-state index >= 15 is 0 Å². The quantitative estimate of drug-likeness (QED) is 0.810. The molecule has 1 saturated heterocycles. The molecule has 0 saturated carbocycles. The monoisotopic (exact) mass is 353 g/mol. The van der Waals surface area contributed by atoms with Crippen molar-refractivity contribution in [3.63, 3.8) is 0 Å². The number of hydrogen-bond donors (Lipinski definition) is 0. The van der Waals surface area contributed by atoms with Crippen LogP contribution >= 0.6 is 0 Å². The fourth-order valence-corrected chi connectivity index (χ4v) is 4.01. The third-order valence-electron chi connectivity index (χ3n) is 3.65. The molecule has 2 aromatic rings. The third-order valence-corrected chi connectivity index (χ3v) is 5.55. The number of halogens is 1. The van der Waals surface area contributed by atoms with Gasteiger partial charge in [-0.2, -0.15) is 9.29 Å². The fourth-order valence-electron chi connectivity index (χ4n) is 2.46. The van der Waals surface area contributed by atoms with Crippen molar-refractivity contribution in [2.45, 2.75) is 17.4 Å². The summed E-state index contributed by atoms with van der Waals surface area (Å²) in [5, 5.41) is 0. The van der Waals surface area contributed by atoms with E-state index in [4.69, 9.17) is 9.47 Å². The van der Waals surface area contributed by atoms with Gasteiger partial charge in [-0.25, -0.2) is 12.8 Å². The molecule has 9 heteroatoms. The Labute approximate surface area is 139 Å². The normalized spacial score (nSPS) is 18.5. The molecule has 24 heavy (non-hydrogen) atoms. The maximum atomic E-state index is 13.8. The minimum Gasteiger partial charge on any atom is -0.480 e. The summed E-state index contributed by atoms with van der Waals surface area (Å²) in [6.45, 7) is 0.369. The van der Waals surface area contributed by atoms with Crippen LogP contribution in [0.1, 0.15) is 6.42 Å². The standard InChI is InChI=1S/C15H16FN3O4S/c1-22-14-8-17-9-15(18-14)23-11-6-7-19(10-11)24(20,21)13-5-3-2-4-12(13)16/h2-5,8-9,11H,6-7,10H2,1H3. The average Bonchev–Trinajstić information content (AvgIpc) is 3.04. The van der Waals surface area contributed by atoms with E-state index in [9.17, 15) is 12.8 Å². The smallest absolute Gasteiger partial charge is 0.246 e. The first-order valence-corrected chi connectivity index (χ1v) is 8.72. The van der Waals surface area contributed by atoms with E-state index in [1.807, 2.05) is 0 Å². The molecule has 0 N–H and O–H groups in total. The first kappa shape index (κ1) is 16.6. The molecule has 7 nitrogen and oxygen atoms in total. The van der Waals surface area contributed by atoms with Crippen LogP contribution in [-0.4, -0.2) is 49.0 Å². The number of nitrogens with zero attached hydrogens (tertiary/aromatic N) is 3. The van der Waals surface area contributed by atoms with Crippen molar-refractivity contribution in [3.05, 3.63) is 42.5 Å². The Morgan fingerprint density at radius 2 is 2.00 bits per heavy atom. The molecule has 0 amide bonds. The summed E-state index contributed by atoms with van der Waals surface area (Å²) >= 11 is 0. The van der Waals surface area contributed by atoms with E-state index in [0.717, 1.165) is 6.07 Å². The lowest BCUT2D eigenvalue weighted by Crippen LogP contribution is -2.31. The number of methoxy groups -OCH3 is 1. The van der Waals surface area contributed by atoms with Crippen LogP contribution in [0.15, 0.2) is 41.6 Å². The second-order valence-electron chi connectivity index (χ2n) is 5.22. The first-order chi connectivity index (χ1) is 11.5. The highest BCUT2D eigenvalue weighted by molar-refractivity contribution is 7.89. The summed E-state index contributed by atoms with van der Waals surface area (Å²) in [6.07, 6.45) is 2.97. The maximum Gasteiger partial charge on any atom is 0.246 e. The van der Waals surface area contributed by atoms with Crippen LogP contribution in [-0.2, 0) is 10.0 Å². The topological polar surface area (TPSA) is 81.6 Å². The Hall–Kier alpha value is -2.26. The van der Waals surface area contributed by atoms with Gasteiger partial charge in [-0.1, -0.05) is 12.1 Å². The van der Waals surface area contributed by atoms with Crippen molar-refractivity contribution in [3.8, 4) is 11.8 Å². The van der Waals surface area contributed by atoms with Gasteiger partial charge in [0.2, 0.25) is 21.8 Å². The summed E-state index contributed by atoms with van der Waals surface area (Å²) in [7, 11) is -2.43. The van der Waals surface area contributed by atoms with Gasteiger partial charge >= 0.3 is 0 Å². The van der Waals surface area contributed by atoms with Crippen LogP contribution in [0.3, 0.4) is 0 Å². The molecule has 1 fully saturated rings. The first-order valence-electron chi connectivity index (χ1n) is 7.28. The Kier molecular flexibility index (Phi) is 4.63. The van der Waals surface area contributed by atoms with Gasteiger partial charge in [0.25, 0.3) is 0 Å². The van der Waals surface area contributed by atoms with Crippen LogP contribution in [0, 0.1) is 5.82 Å². The van der Waals surface area contributed by atoms with Gasteiger partial charge in [0.05, 0.1) is 26.0 Å². The number of benzene rings is 1. The lowest BCUT2D eigenvalue weighted by atomic mass is 10.3. The van der Waals surface area contributed by atoms with Crippen LogP contribution in [0.4, 0.5) is 4.39 Å². The molecule has 0 aliphatic carbocycles. The number of sulfonamides is 1. The second kappa shape index (κ2) is 6.70. The van der Waals surface area contributed by atoms with Gasteiger partial charge in [-0.3, -0.25) is 4.98 Å². The molecule has 1 atom stereocenters. The SMILES string of the molecule is COc1cncc(OC2CCN(S(=O)(=O)c3ccccc3F)C2)n1. The van der Waals surface area contributed by atoms with Gasteiger partial charge in [-0.05, 0) is 18.6 Å². The molecule has 1 aliphatic rings. The lowest BCUT2D eigenvalue weighted by molar-refractivity contribution is 0.203. The van der Waals surface area contributed by atoms with E-state index in [1.54, 1.807) is 0 Å². The lowest BCUT2D eigenvalue weighted by Gasteiger charge is -2.17. The predicted octanol–water partition coefficient (Wildman–Crippen LogP) is 1.47. The van der Waals surface area contributed by atoms with Gasteiger partial charge in [0.1, 0.15) is 16.8 Å². The van der Waals surface area contributed by atoms with Crippen molar-refractivity contribution < 1.29 is 22.3 Å². The number of ether oxygens (including phenoxy) is 2. The Morgan fingerprint density at radius 1 is 1.25 bits per heavy atom. The zero-order valence-electron chi connectivity index (χ0n) is 12.9. The van der Waals surface area contributed by atoms with E-state index in [2.05, 4.69) is 9.97 Å². The molecule has 1 aliphatic heterocycles. The summed E-state index contributed by atoms with van der Waals surface area (Å²) in [4.78, 5) is 7.68. The van der Waals surface area contributed by atoms with Crippen molar-refractivity contribution >= 4 is 10.0 Å². The van der Waals surface area contributed by atoms with Crippen molar-refractivity contribution in [2.24, 2.45) is 0 Å². The predicted molar refractivity (Wildman–Crippen MR) is 82.8 cm³/mol. The number of rotatable bonds is 5. The highest BCUT2D eigenvalue weighted by atomic mass is 32.2. The van der Waals surface area contributed by atoms with Gasteiger partial charge in [-0.15, -0.1) is 0 Å². The molecule has 1 aromatic carbocycles. The molecule has 1 aromatic heterocycles. The minimum absolute atomic E-state index is 0.121. The largest absolute Gasteiger partial charge is 0.480 e. The number of aromatic nitrogens is 2. The highest BCUT2D eigenvalue weighted by Gasteiger charge is 2.35. The average molecular weight is 353 g/mol.